The van der Waals surface area contributed by atoms with E-state index in [1.165, 1.54) is 0 Å². The third-order valence-corrected chi connectivity index (χ3v) is 3.56. The number of rotatable bonds is 10. The highest BCUT2D eigenvalue weighted by molar-refractivity contribution is 5.31. The number of aliphatic hydroxyl groups excluding tert-OH is 1. The Kier molecular flexibility index (Phi) is 7.13. The minimum Gasteiger partial charge on any atom is -0.491 e. The summed E-state index contributed by atoms with van der Waals surface area (Å²) in [5, 5.41) is 10.3. The molecule has 0 aliphatic rings. The second-order valence-corrected chi connectivity index (χ2v) is 5.54. The zero-order chi connectivity index (χ0) is 16.5. The van der Waals surface area contributed by atoms with E-state index in [1.54, 1.807) is 13.4 Å². The van der Waals surface area contributed by atoms with Gasteiger partial charge in [-0.1, -0.05) is 18.2 Å². The second-order valence-electron chi connectivity index (χ2n) is 5.54. The van der Waals surface area contributed by atoms with Crippen LogP contribution in [-0.4, -0.2) is 49.5 Å². The minimum atomic E-state index is -0.582. The number of ether oxygens (including phenoxy) is 2. The molecule has 0 fully saturated rings. The van der Waals surface area contributed by atoms with Crippen LogP contribution in [0.5, 0.6) is 5.75 Å². The summed E-state index contributed by atoms with van der Waals surface area (Å²) in [7, 11) is 1.67. The Hall–Kier alpha value is -1.82. The van der Waals surface area contributed by atoms with Gasteiger partial charge < -0.3 is 19.0 Å². The van der Waals surface area contributed by atoms with Crippen LogP contribution >= 0.6 is 0 Å². The Morgan fingerprint density at radius 3 is 2.74 bits per heavy atom. The Morgan fingerprint density at radius 2 is 2.04 bits per heavy atom. The van der Waals surface area contributed by atoms with Crippen LogP contribution in [0.25, 0.3) is 0 Å². The molecule has 0 aliphatic heterocycles. The molecule has 0 radical (unpaired) electrons. The molecule has 0 amide bonds. The van der Waals surface area contributed by atoms with Crippen molar-refractivity contribution in [1.29, 1.82) is 0 Å². The van der Waals surface area contributed by atoms with Crippen LogP contribution in [0, 0.1) is 6.92 Å². The molecule has 0 aliphatic carbocycles. The van der Waals surface area contributed by atoms with Gasteiger partial charge in [0.2, 0.25) is 0 Å². The average molecular weight is 319 g/mol. The van der Waals surface area contributed by atoms with E-state index in [0.29, 0.717) is 19.7 Å². The van der Waals surface area contributed by atoms with E-state index in [2.05, 4.69) is 4.90 Å². The summed E-state index contributed by atoms with van der Waals surface area (Å²) < 4.78 is 16.2. The van der Waals surface area contributed by atoms with Gasteiger partial charge in [0.25, 0.3) is 0 Å². The van der Waals surface area contributed by atoms with E-state index in [4.69, 9.17) is 13.9 Å². The normalized spacial score (nSPS) is 12.5. The molecule has 1 N–H and O–H groups in total. The lowest BCUT2D eigenvalue weighted by atomic mass is 10.2. The monoisotopic (exact) mass is 319 g/mol. The quantitative estimate of drug-likeness (QED) is 0.729. The lowest BCUT2D eigenvalue weighted by molar-refractivity contribution is 0.0516. The van der Waals surface area contributed by atoms with Crippen molar-refractivity contribution in [3.05, 3.63) is 54.0 Å². The first-order chi connectivity index (χ1) is 11.2. The molecule has 1 aromatic heterocycles. The zero-order valence-corrected chi connectivity index (χ0v) is 13.8. The van der Waals surface area contributed by atoms with Crippen molar-refractivity contribution < 1.29 is 19.0 Å². The van der Waals surface area contributed by atoms with Crippen molar-refractivity contribution in [2.75, 3.05) is 33.4 Å². The first-order valence-corrected chi connectivity index (χ1v) is 7.79. The van der Waals surface area contributed by atoms with E-state index >= 15 is 0 Å². The number of aryl methyl sites for hydroxylation is 1. The summed E-state index contributed by atoms with van der Waals surface area (Å²) in [6.07, 6.45) is 1.07. The highest BCUT2D eigenvalue weighted by Crippen LogP contribution is 2.16. The third kappa shape index (κ3) is 6.06. The van der Waals surface area contributed by atoms with Crippen molar-refractivity contribution >= 4 is 0 Å². The molecule has 0 saturated carbocycles. The highest BCUT2D eigenvalue weighted by Gasteiger charge is 2.14. The molecule has 0 saturated heterocycles. The van der Waals surface area contributed by atoms with Crippen LogP contribution in [0.4, 0.5) is 0 Å². The van der Waals surface area contributed by atoms with E-state index in [-0.39, 0.29) is 6.61 Å². The molecule has 2 rings (SSSR count). The summed E-state index contributed by atoms with van der Waals surface area (Å²) >= 11 is 0. The molecule has 5 heteroatoms. The van der Waals surface area contributed by atoms with E-state index in [9.17, 15) is 5.11 Å². The van der Waals surface area contributed by atoms with Gasteiger partial charge >= 0.3 is 0 Å². The van der Waals surface area contributed by atoms with Gasteiger partial charge in [-0.2, -0.15) is 0 Å². The van der Waals surface area contributed by atoms with Gasteiger partial charge in [-0.15, -0.1) is 0 Å². The zero-order valence-electron chi connectivity index (χ0n) is 13.8. The van der Waals surface area contributed by atoms with Gasteiger partial charge in [0.15, 0.2) is 0 Å². The number of benzene rings is 1. The summed E-state index contributed by atoms with van der Waals surface area (Å²) in [5.74, 6) is 1.68. The van der Waals surface area contributed by atoms with Gasteiger partial charge in [0, 0.05) is 20.2 Å². The third-order valence-electron chi connectivity index (χ3n) is 3.56. The van der Waals surface area contributed by atoms with E-state index in [1.807, 2.05) is 43.3 Å². The molecule has 5 nitrogen and oxygen atoms in total. The topological polar surface area (TPSA) is 55.1 Å². The molecular formula is C18H25NO4. The fraction of sp³-hybridized carbons (Fsp3) is 0.444. The lowest BCUT2D eigenvalue weighted by Gasteiger charge is -2.24. The van der Waals surface area contributed by atoms with Gasteiger partial charge in [-0.3, -0.25) is 4.90 Å². The van der Waals surface area contributed by atoms with E-state index < -0.39 is 6.10 Å². The molecule has 2 aromatic rings. The fourth-order valence-corrected chi connectivity index (χ4v) is 2.33. The van der Waals surface area contributed by atoms with Gasteiger partial charge in [0.1, 0.15) is 24.2 Å². The van der Waals surface area contributed by atoms with Crippen molar-refractivity contribution in [1.82, 2.24) is 4.90 Å². The van der Waals surface area contributed by atoms with Crippen molar-refractivity contribution in [3.63, 3.8) is 0 Å². The first kappa shape index (κ1) is 17.5. The summed E-state index contributed by atoms with van der Waals surface area (Å²) in [6.45, 7) is 4.70. The molecule has 0 spiro atoms. The summed E-state index contributed by atoms with van der Waals surface area (Å²) in [4.78, 5) is 2.09. The molecule has 23 heavy (non-hydrogen) atoms. The fourth-order valence-electron chi connectivity index (χ4n) is 2.33. The number of methoxy groups -OCH3 is 1. The largest absolute Gasteiger partial charge is 0.491 e. The Balaban J connectivity index is 1.83. The molecule has 1 aromatic carbocycles. The van der Waals surface area contributed by atoms with Gasteiger partial charge in [-0.25, -0.2) is 0 Å². The first-order valence-electron chi connectivity index (χ1n) is 7.79. The van der Waals surface area contributed by atoms with Crippen molar-refractivity contribution in [3.8, 4) is 5.75 Å². The second kappa shape index (κ2) is 9.35. The maximum absolute atomic E-state index is 10.3. The Bertz CT molecular complexity index is 556. The van der Waals surface area contributed by atoms with Gasteiger partial charge in [-0.05, 0) is 30.7 Å². The molecular weight excluding hydrogens is 294 g/mol. The van der Waals surface area contributed by atoms with Crippen LogP contribution in [-0.2, 0) is 11.3 Å². The summed E-state index contributed by atoms with van der Waals surface area (Å²) in [6, 6.07) is 11.6. The average Bonchev–Trinajstić information content (AvgIpc) is 3.05. The number of hydrogen-bond donors (Lipinski definition) is 1. The smallest absolute Gasteiger partial charge is 0.122 e. The summed E-state index contributed by atoms with van der Waals surface area (Å²) in [5.41, 5.74) is 1.06. The van der Waals surface area contributed by atoms with Crippen LogP contribution in [0.15, 0.2) is 47.1 Å². The molecule has 0 bridgehead atoms. The number of para-hydroxylation sites is 1. The van der Waals surface area contributed by atoms with Gasteiger partial charge in [0.05, 0.1) is 19.4 Å². The number of hydrogen-bond acceptors (Lipinski definition) is 5. The van der Waals surface area contributed by atoms with E-state index in [0.717, 1.165) is 23.6 Å². The van der Waals surface area contributed by atoms with Crippen LogP contribution in [0.1, 0.15) is 11.3 Å². The predicted molar refractivity (Wildman–Crippen MR) is 88.5 cm³/mol. The molecule has 1 unspecified atom stereocenters. The molecule has 1 atom stereocenters. The highest BCUT2D eigenvalue weighted by atomic mass is 16.5. The van der Waals surface area contributed by atoms with Crippen LogP contribution < -0.4 is 4.74 Å². The number of nitrogens with zero attached hydrogens (tertiary/aromatic N) is 1. The maximum Gasteiger partial charge on any atom is 0.122 e. The Labute approximate surface area is 137 Å². The number of aliphatic hydroxyl groups is 1. The number of furan rings is 1. The predicted octanol–water partition coefficient (Wildman–Crippen LogP) is 2.48. The van der Waals surface area contributed by atoms with Crippen LogP contribution in [0.2, 0.25) is 0 Å². The Morgan fingerprint density at radius 1 is 1.22 bits per heavy atom. The van der Waals surface area contributed by atoms with Crippen LogP contribution in [0.3, 0.4) is 0 Å². The maximum atomic E-state index is 10.3. The van der Waals surface area contributed by atoms with Crippen molar-refractivity contribution in [2.24, 2.45) is 0 Å². The van der Waals surface area contributed by atoms with Crippen molar-refractivity contribution in [2.45, 2.75) is 19.6 Å². The lowest BCUT2D eigenvalue weighted by Crippen LogP contribution is -2.37. The minimum absolute atomic E-state index is 0.256. The molecule has 1 heterocycles. The standard InChI is InChI=1S/C18H25NO4/c1-15-6-3-4-8-18(15)23-14-16(20)12-19(9-11-21-2)13-17-7-5-10-22-17/h3-8,10,16,20H,9,11-14H2,1-2H3. The SMILES string of the molecule is COCCN(Cc1ccco1)CC(O)COc1ccccc1C. The molecule has 126 valence electrons.